The number of aliphatic hydroxyl groups excluding tert-OH is 10. The highest BCUT2D eigenvalue weighted by Crippen LogP contribution is 2.36. The van der Waals surface area contributed by atoms with Crippen LogP contribution < -0.4 is 16.4 Å². The van der Waals surface area contributed by atoms with Crippen molar-refractivity contribution in [2.75, 3.05) is 33.0 Å². The van der Waals surface area contributed by atoms with Crippen molar-refractivity contribution in [2.24, 2.45) is 5.73 Å². The minimum Gasteiger partial charge on any atom is -0.394 e. The summed E-state index contributed by atoms with van der Waals surface area (Å²) >= 11 is 0. The zero-order chi connectivity index (χ0) is 41.4. The predicted molar refractivity (Wildman–Crippen MR) is 182 cm³/mol. The summed E-state index contributed by atoms with van der Waals surface area (Å²) in [6, 6.07) is -3.10. The Hall–Kier alpha value is -1.82. The number of hydrogen-bond acceptors (Lipinski definition) is 21. The molecular weight excluding hydrogens is 758 g/mol. The number of nitrogens with two attached hydrogens (primary N) is 1. The first-order chi connectivity index (χ1) is 26.6. The normalized spacial score (nSPS) is 44.6. The third-order valence-corrected chi connectivity index (χ3v) is 10.1. The second kappa shape index (κ2) is 21.4. The highest BCUT2D eigenvalue weighted by Gasteiger charge is 2.57. The van der Waals surface area contributed by atoms with Gasteiger partial charge in [-0.1, -0.05) is 0 Å². The van der Waals surface area contributed by atoms with Crippen LogP contribution in [0.5, 0.6) is 0 Å². The Morgan fingerprint density at radius 2 is 1.09 bits per heavy atom. The molecule has 4 rings (SSSR count). The van der Waals surface area contributed by atoms with Gasteiger partial charge in [0.1, 0.15) is 91.4 Å². The third-order valence-electron chi connectivity index (χ3n) is 10.1. The maximum Gasteiger partial charge on any atom is 0.217 e. The molecule has 4 aliphatic rings. The molecule has 0 saturated carbocycles. The molecule has 0 aromatic carbocycles. The van der Waals surface area contributed by atoms with E-state index in [4.69, 9.17) is 43.6 Å². The molecule has 23 heteroatoms. The zero-order valence-electron chi connectivity index (χ0n) is 31.3. The highest BCUT2D eigenvalue weighted by molar-refractivity contribution is 5.73. The number of rotatable bonds is 17. The lowest BCUT2D eigenvalue weighted by Crippen LogP contribution is -2.71. The predicted octanol–water partition coefficient (Wildman–Crippen LogP) is -7.28. The molecule has 20 atom stereocenters. The van der Waals surface area contributed by atoms with Gasteiger partial charge in [0, 0.05) is 20.5 Å². The van der Waals surface area contributed by atoms with Crippen LogP contribution in [0.1, 0.15) is 40.0 Å². The smallest absolute Gasteiger partial charge is 0.217 e. The number of amides is 2. The zero-order valence-corrected chi connectivity index (χ0v) is 31.3. The molecule has 4 saturated heterocycles. The van der Waals surface area contributed by atoms with E-state index < -0.39 is 154 Å². The Kier molecular flexibility index (Phi) is 17.9. The molecule has 0 bridgehead atoms. The van der Waals surface area contributed by atoms with Crippen LogP contribution in [0.15, 0.2) is 0 Å². The number of unbranched alkanes of at least 4 members (excludes halogenated alkanes) is 2. The van der Waals surface area contributed by atoms with Gasteiger partial charge in [-0.2, -0.15) is 0 Å². The second-order valence-corrected chi connectivity index (χ2v) is 14.3. The number of aliphatic hydroxyl groups is 10. The van der Waals surface area contributed by atoms with Gasteiger partial charge in [-0.3, -0.25) is 9.59 Å². The van der Waals surface area contributed by atoms with Gasteiger partial charge in [0.15, 0.2) is 25.2 Å². The molecule has 4 fully saturated rings. The quantitative estimate of drug-likeness (QED) is 0.0606. The van der Waals surface area contributed by atoms with E-state index in [9.17, 15) is 60.7 Å². The van der Waals surface area contributed by atoms with Crippen molar-refractivity contribution in [1.29, 1.82) is 0 Å². The molecule has 23 nitrogen and oxygen atoms in total. The van der Waals surface area contributed by atoms with Crippen LogP contribution in [0, 0.1) is 0 Å². The maximum atomic E-state index is 12.8. The molecule has 326 valence electrons. The van der Waals surface area contributed by atoms with E-state index in [0.29, 0.717) is 19.4 Å². The van der Waals surface area contributed by atoms with Crippen molar-refractivity contribution in [2.45, 2.75) is 163 Å². The molecule has 0 aromatic rings. The van der Waals surface area contributed by atoms with Gasteiger partial charge in [-0.25, -0.2) is 0 Å². The fraction of sp³-hybridized carbons (Fsp3) is 0.939. The minimum absolute atomic E-state index is 0.104. The number of carbonyl (C=O) groups is 2. The monoisotopic (exact) mass is 817 g/mol. The van der Waals surface area contributed by atoms with Gasteiger partial charge in [-0.15, -0.1) is 0 Å². The van der Waals surface area contributed by atoms with Crippen LogP contribution in [0.25, 0.3) is 0 Å². The van der Waals surface area contributed by atoms with E-state index in [0.717, 1.165) is 20.3 Å². The topological polar surface area (TPSA) is 360 Å². The summed E-state index contributed by atoms with van der Waals surface area (Å²) in [4.78, 5) is 25.0. The van der Waals surface area contributed by atoms with Crippen molar-refractivity contribution in [3.05, 3.63) is 0 Å². The van der Waals surface area contributed by atoms with Gasteiger partial charge in [-0.05, 0) is 32.7 Å². The Morgan fingerprint density at radius 3 is 1.70 bits per heavy atom. The molecule has 4 aliphatic heterocycles. The molecule has 0 unspecified atom stereocenters. The van der Waals surface area contributed by atoms with E-state index in [1.807, 2.05) is 0 Å². The summed E-state index contributed by atoms with van der Waals surface area (Å²) in [6.45, 7) is 1.68. The van der Waals surface area contributed by atoms with Crippen LogP contribution >= 0.6 is 0 Å². The van der Waals surface area contributed by atoms with Crippen molar-refractivity contribution in [3.63, 3.8) is 0 Å². The Bertz CT molecular complexity index is 1230. The molecule has 0 aliphatic carbocycles. The number of hydrogen-bond donors (Lipinski definition) is 13. The van der Waals surface area contributed by atoms with Crippen molar-refractivity contribution < 1.29 is 98.5 Å². The molecule has 0 spiro atoms. The minimum atomic E-state index is -1.92. The van der Waals surface area contributed by atoms with E-state index in [1.54, 1.807) is 0 Å². The number of ether oxygens (including phenoxy) is 8. The molecule has 56 heavy (non-hydrogen) atoms. The third kappa shape index (κ3) is 11.1. The summed E-state index contributed by atoms with van der Waals surface area (Å²) in [7, 11) is 0. The summed E-state index contributed by atoms with van der Waals surface area (Å²) in [5.41, 5.74) is 5.54. The lowest BCUT2D eigenvalue weighted by atomic mass is 9.93. The van der Waals surface area contributed by atoms with Gasteiger partial charge < -0.3 is 105 Å². The van der Waals surface area contributed by atoms with Crippen molar-refractivity contribution in [3.8, 4) is 0 Å². The Morgan fingerprint density at radius 1 is 0.554 bits per heavy atom. The van der Waals surface area contributed by atoms with Crippen LogP contribution in [0.4, 0.5) is 0 Å². The number of carbonyl (C=O) groups excluding carboxylic acids is 2. The van der Waals surface area contributed by atoms with Crippen LogP contribution in [0.2, 0.25) is 0 Å². The molecular formula is C33H59N3O20. The van der Waals surface area contributed by atoms with E-state index in [2.05, 4.69) is 10.6 Å². The summed E-state index contributed by atoms with van der Waals surface area (Å²) in [5, 5.41) is 111. The van der Waals surface area contributed by atoms with E-state index >= 15 is 0 Å². The lowest BCUT2D eigenvalue weighted by Gasteiger charge is -2.51. The van der Waals surface area contributed by atoms with Gasteiger partial charge in [0.2, 0.25) is 11.8 Å². The van der Waals surface area contributed by atoms with Crippen LogP contribution in [-0.4, -0.2) is 219 Å². The average Bonchev–Trinajstić information content (AvgIpc) is 3.16. The molecule has 14 N–H and O–H groups in total. The highest BCUT2D eigenvalue weighted by atomic mass is 16.8. The summed E-state index contributed by atoms with van der Waals surface area (Å²) in [5.74, 6) is -1.43. The molecule has 0 radical (unpaired) electrons. The lowest BCUT2D eigenvalue weighted by molar-refractivity contribution is -0.380. The maximum absolute atomic E-state index is 12.8. The van der Waals surface area contributed by atoms with E-state index in [-0.39, 0.29) is 6.61 Å². The first kappa shape index (κ1) is 46.9. The van der Waals surface area contributed by atoms with Crippen molar-refractivity contribution >= 4 is 11.8 Å². The standard InChI is InChI=1S/C33H59N3O20/c1-12-20(42)24(46)25(47)33(50-12)55-28-19(36-14(3)41)31(56-29-22(44)16(10-38)52-32(26(29)48)49-8-6-4-5-7-34)53-17(11-39)27(28)54-30-18(35-13(2)40)23(45)21(43)15(9-37)51-30/h12,15-33,37-39,42-48H,4-11,34H2,1-3H3,(H,35,40)(H,36,41)/t12-,15+,16+,17+,18+,19+,20+,21-,22-,23+,24+,25-,26+,27+,28+,29-,30-,31-,32-,33-/m0/s1. The summed E-state index contributed by atoms with van der Waals surface area (Å²) in [6.07, 6.45) is -27.5. The van der Waals surface area contributed by atoms with Gasteiger partial charge in [0.25, 0.3) is 0 Å². The second-order valence-electron chi connectivity index (χ2n) is 14.3. The van der Waals surface area contributed by atoms with Crippen molar-refractivity contribution in [1.82, 2.24) is 10.6 Å². The Balaban J connectivity index is 1.73. The van der Waals surface area contributed by atoms with E-state index in [1.165, 1.54) is 6.92 Å². The first-order valence-electron chi connectivity index (χ1n) is 18.6. The fourth-order valence-electron chi connectivity index (χ4n) is 7.03. The summed E-state index contributed by atoms with van der Waals surface area (Å²) < 4.78 is 47.3. The largest absolute Gasteiger partial charge is 0.394 e. The average molecular weight is 818 g/mol. The molecule has 0 aromatic heterocycles. The Labute approximate surface area is 322 Å². The molecule has 2 amide bonds. The number of nitrogens with one attached hydrogen (secondary N) is 2. The first-order valence-corrected chi connectivity index (χ1v) is 18.6. The van der Waals surface area contributed by atoms with Crippen LogP contribution in [0.3, 0.4) is 0 Å². The van der Waals surface area contributed by atoms with Crippen LogP contribution in [-0.2, 0) is 47.5 Å². The molecule has 4 heterocycles. The fourth-order valence-corrected chi connectivity index (χ4v) is 7.03. The van der Waals surface area contributed by atoms with Gasteiger partial charge in [0.05, 0.1) is 25.9 Å². The SMILES string of the molecule is CC(=O)N[C@H]1[C@H](O[C@H]2[C@H](O[C@@H]3O[C@@H](C)[C@@H](O)[C@@H](O)[C@@H]3O)[C@@H](NC(C)=O)[C@H](O[C@H]3[C@@H](O)[C@@H](CO)O[C@H](OCCCCCN)[C@@H]3O)O[C@@H]2CO)O[C@H](CO)[C@H](O)[C@@H]1O. The van der Waals surface area contributed by atoms with Gasteiger partial charge >= 0.3 is 0 Å².